The summed E-state index contributed by atoms with van der Waals surface area (Å²) in [5, 5.41) is 0.0112. The fourth-order valence-electron chi connectivity index (χ4n) is 3.44. The number of halogens is 1. The van der Waals surface area contributed by atoms with E-state index in [0.717, 1.165) is 24.5 Å². The van der Waals surface area contributed by atoms with Crippen molar-refractivity contribution >= 4 is 10.9 Å². The lowest BCUT2D eigenvalue weighted by Gasteiger charge is -2.18. The van der Waals surface area contributed by atoms with Gasteiger partial charge in [-0.3, -0.25) is 9.36 Å². The average Bonchev–Trinajstić information content (AvgIpc) is 3.51. The van der Waals surface area contributed by atoms with E-state index in [1.54, 1.807) is 18.2 Å². The fourth-order valence-corrected chi connectivity index (χ4v) is 3.44. The molecule has 0 atom stereocenters. The molecule has 8 heteroatoms. The van der Waals surface area contributed by atoms with Crippen molar-refractivity contribution in [1.29, 1.82) is 0 Å². The summed E-state index contributed by atoms with van der Waals surface area (Å²) in [7, 11) is 1.39. The molecule has 1 aromatic heterocycles. The molecule has 4 rings (SSSR count). The predicted molar refractivity (Wildman–Crippen MR) is 101 cm³/mol. The van der Waals surface area contributed by atoms with E-state index in [0.29, 0.717) is 16.8 Å². The van der Waals surface area contributed by atoms with Gasteiger partial charge in [-0.05, 0) is 36.1 Å². The van der Waals surface area contributed by atoms with Crippen molar-refractivity contribution in [2.75, 3.05) is 13.0 Å². The molecule has 7 nitrogen and oxygen atoms in total. The Hall–Kier alpha value is -3.13. The minimum Gasteiger partial charge on any atom is -0.494 e. The van der Waals surface area contributed by atoms with Gasteiger partial charge in [0.1, 0.15) is 11.3 Å². The van der Waals surface area contributed by atoms with Gasteiger partial charge in [-0.25, -0.2) is 9.18 Å². The molecule has 4 N–H and O–H groups in total. The minimum atomic E-state index is -0.758. The van der Waals surface area contributed by atoms with Crippen molar-refractivity contribution in [3.05, 3.63) is 62.6 Å². The third-order valence-corrected chi connectivity index (χ3v) is 4.88. The predicted octanol–water partition coefficient (Wildman–Crippen LogP) is 1.49. The third-order valence-electron chi connectivity index (χ3n) is 4.88. The van der Waals surface area contributed by atoms with Gasteiger partial charge >= 0.3 is 5.69 Å². The Morgan fingerprint density at radius 1 is 1.26 bits per heavy atom. The second-order valence-electron chi connectivity index (χ2n) is 6.63. The number of rotatable bonds is 4. The minimum absolute atomic E-state index is 0.0112. The Labute approximate surface area is 153 Å². The van der Waals surface area contributed by atoms with Gasteiger partial charge in [-0.2, -0.15) is 4.68 Å². The Morgan fingerprint density at radius 2 is 2.00 bits per heavy atom. The second-order valence-corrected chi connectivity index (χ2v) is 6.63. The average molecular weight is 370 g/mol. The number of ether oxygens (including phenoxy) is 1. The highest BCUT2D eigenvalue weighted by Crippen LogP contribution is 2.42. The van der Waals surface area contributed by atoms with Crippen LogP contribution in [-0.2, 0) is 6.54 Å². The number of hydrogen-bond donors (Lipinski definition) is 2. The number of methoxy groups -OCH3 is 1. The lowest BCUT2D eigenvalue weighted by atomic mass is 9.99. The van der Waals surface area contributed by atoms with Crippen LogP contribution in [0.2, 0.25) is 0 Å². The first-order valence-corrected chi connectivity index (χ1v) is 8.60. The lowest BCUT2D eigenvalue weighted by Crippen LogP contribution is -2.44. The van der Waals surface area contributed by atoms with Crippen LogP contribution in [0.25, 0.3) is 22.0 Å². The van der Waals surface area contributed by atoms with Crippen molar-refractivity contribution < 1.29 is 9.13 Å². The zero-order valence-corrected chi connectivity index (χ0v) is 14.7. The van der Waals surface area contributed by atoms with Gasteiger partial charge in [0.15, 0.2) is 5.75 Å². The van der Waals surface area contributed by atoms with Crippen molar-refractivity contribution in [2.45, 2.75) is 25.4 Å². The van der Waals surface area contributed by atoms with Gasteiger partial charge < -0.3 is 16.3 Å². The number of hydrogen-bond acceptors (Lipinski definition) is 5. The van der Waals surface area contributed by atoms with Crippen molar-refractivity contribution in [1.82, 2.24) is 9.24 Å². The van der Waals surface area contributed by atoms with Crippen LogP contribution in [-0.4, -0.2) is 16.4 Å². The number of fused-ring (bicyclic) bond motifs is 1. The van der Waals surface area contributed by atoms with Crippen LogP contribution in [0, 0.1) is 5.82 Å². The van der Waals surface area contributed by atoms with Gasteiger partial charge in [0.05, 0.1) is 18.1 Å². The maximum atomic E-state index is 15.1. The van der Waals surface area contributed by atoms with Crippen LogP contribution >= 0.6 is 0 Å². The highest BCUT2D eigenvalue weighted by molar-refractivity contribution is 5.93. The van der Waals surface area contributed by atoms with Crippen LogP contribution in [0.4, 0.5) is 4.39 Å². The van der Waals surface area contributed by atoms with Gasteiger partial charge in [0.2, 0.25) is 0 Å². The summed E-state index contributed by atoms with van der Waals surface area (Å²) >= 11 is 0. The van der Waals surface area contributed by atoms with E-state index < -0.39 is 17.1 Å². The van der Waals surface area contributed by atoms with E-state index in [1.807, 2.05) is 6.07 Å². The molecule has 1 aliphatic rings. The van der Waals surface area contributed by atoms with Crippen LogP contribution in [0.5, 0.6) is 5.75 Å². The van der Waals surface area contributed by atoms with E-state index in [1.165, 1.54) is 11.7 Å². The molecule has 0 spiro atoms. The Kier molecular flexibility index (Phi) is 4.00. The standard InChI is InChI=1S/C19H19FN4O3/c1-27-17-15(11-4-2-3-10(7-11)9-21)14(20)8-13-16(17)23(12-5-6-12)19(26)24(22)18(13)25/h2-4,7-8,12H,5-6,9,21-22H2,1H3. The number of benzene rings is 2. The first kappa shape index (κ1) is 17.3. The van der Waals surface area contributed by atoms with E-state index in [4.69, 9.17) is 16.3 Å². The summed E-state index contributed by atoms with van der Waals surface area (Å²) in [5.74, 6) is 5.14. The molecule has 1 fully saturated rings. The van der Waals surface area contributed by atoms with Gasteiger partial charge in [0, 0.05) is 12.6 Å². The maximum absolute atomic E-state index is 15.1. The summed E-state index contributed by atoms with van der Waals surface area (Å²) in [6.45, 7) is 0.302. The molecular weight excluding hydrogens is 351 g/mol. The molecule has 0 saturated heterocycles. The second kappa shape index (κ2) is 6.24. The monoisotopic (exact) mass is 370 g/mol. The van der Waals surface area contributed by atoms with Crippen LogP contribution in [0.15, 0.2) is 39.9 Å². The quantitative estimate of drug-likeness (QED) is 0.677. The molecule has 27 heavy (non-hydrogen) atoms. The van der Waals surface area contributed by atoms with E-state index >= 15 is 4.39 Å². The highest BCUT2D eigenvalue weighted by atomic mass is 19.1. The molecule has 1 heterocycles. The fraction of sp³-hybridized carbons (Fsp3) is 0.263. The first-order chi connectivity index (χ1) is 13.0. The van der Waals surface area contributed by atoms with Gasteiger partial charge in [-0.15, -0.1) is 0 Å². The third kappa shape index (κ3) is 2.60. The van der Waals surface area contributed by atoms with Crippen LogP contribution in [0.3, 0.4) is 0 Å². The normalized spacial score (nSPS) is 13.9. The maximum Gasteiger partial charge on any atom is 0.350 e. The zero-order chi connectivity index (χ0) is 19.3. The number of nitrogen functional groups attached to an aromatic ring is 1. The Bertz CT molecular complexity index is 1180. The SMILES string of the molecule is COc1c(-c2cccc(CN)c2)c(F)cc2c(=O)n(N)c(=O)n(C3CC3)c12. The summed E-state index contributed by atoms with van der Waals surface area (Å²) in [6.07, 6.45) is 1.57. The van der Waals surface area contributed by atoms with Crippen molar-refractivity contribution in [3.63, 3.8) is 0 Å². The molecule has 1 saturated carbocycles. The van der Waals surface area contributed by atoms with E-state index in [-0.39, 0.29) is 28.3 Å². The van der Waals surface area contributed by atoms with Crippen LogP contribution < -0.4 is 27.6 Å². The molecular formula is C19H19FN4O3. The van der Waals surface area contributed by atoms with Crippen molar-refractivity contribution in [2.24, 2.45) is 5.73 Å². The zero-order valence-electron chi connectivity index (χ0n) is 14.7. The first-order valence-electron chi connectivity index (χ1n) is 8.60. The summed E-state index contributed by atoms with van der Waals surface area (Å²) < 4.78 is 22.5. The van der Waals surface area contributed by atoms with Gasteiger partial charge in [0.25, 0.3) is 5.56 Å². The highest BCUT2D eigenvalue weighted by Gasteiger charge is 2.31. The number of nitrogens with two attached hydrogens (primary N) is 2. The summed E-state index contributed by atoms with van der Waals surface area (Å²) in [5.41, 5.74) is 6.14. The Morgan fingerprint density at radius 3 is 2.63 bits per heavy atom. The molecule has 0 bridgehead atoms. The molecule has 0 aliphatic heterocycles. The summed E-state index contributed by atoms with van der Waals surface area (Å²) in [4.78, 5) is 25.1. The topological polar surface area (TPSA) is 105 Å². The van der Waals surface area contributed by atoms with Crippen LogP contribution in [0.1, 0.15) is 24.4 Å². The largest absolute Gasteiger partial charge is 0.494 e. The molecule has 2 aromatic carbocycles. The molecule has 1 aliphatic carbocycles. The van der Waals surface area contributed by atoms with E-state index in [9.17, 15) is 9.59 Å². The molecule has 0 unspecified atom stereocenters. The van der Waals surface area contributed by atoms with Crippen molar-refractivity contribution in [3.8, 4) is 16.9 Å². The van der Waals surface area contributed by atoms with Gasteiger partial charge in [-0.1, -0.05) is 18.2 Å². The molecule has 0 amide bonds. The Balaban J connectivity index is 2.17. The summed E-state index contributed by atoms with van der Waals surface area (Å²) in [6, 6.07) is 8.13. The number of aromatic nitrogens is 2. The molecule has 140 valence electrons. The molecule has 0 radical (unpaired) electrons. The number of nitrogens with zero attached hydrogens (tertiary/aromatic N) is 2. The smallest absolute Gasteiger partial charge is 0.350 e. The molecule has 3 aromatic rings. The lowest BCUT2D eigenvalue weighted by molar-refractivity contribution is 0.414. The van der Waals surface area contributed by atoms with E-state index in [2.05, 4.69) is 0 Å².